The van der Waals surface area contributed by atoms with E-state index in [0.717, 1.165) is 25.9 Å². The van der Waals surface area contributed by atoms with E-state index in [1.807, 2.05) is 0 Å². The highest BCUT2D eigenvalue weighted by Gasteiger charge is 2.18. The third-order valence-corrected chi connectivity index (χ3v) is 3.70. The lowest BCUT2D eigenvalue weighted by molar-refractivity contribution is 0.0952. The average Bonchev–Trinajstić information content (AvgIpc) is 2.39. The minimum absolute atomic E-state index is 0.173. The molecule has 1 aromatic rings. The van der Waals surface area contributed by atoms with Gasteiger partial charge in [-0.1, -0.05) is 11.6 Å². The van der Waals surface area contributed by atoms with Crippen LogP contribution in [0.5, 0.6) is 5.75 Å². The zero-order valence-electron chi connectivity index (χ0n) is 10.5. The van der Waals surface area contributed by atoms with Gasteiger partial charge >= 0.3 is 0 Å². The van der Waals surface area contributed by atoms with Crippen molar-refractivity contribution in [3.05, 3.63) is 28.8 Å². The lowest BCUT2D eigenvalue weighted by atomic mass is 9.90. The molecule has 0 aromatic heterocycles. The number of rotatable bonds is 4. The lowest BCUT2D eigenvalue weighted by Gasteiger charge is -2.21. The van der Waals surface area contributed by atoms with Crippen LogP contribution >= 0.6 is 11.6 Å². The lowest BCUT2D eigenvalue weighted by Crippen LogP contribution is -2.28. The first kappa shape index (κ1) is 13.4. The molecular formula is C14H18ClNO2. The third-order valence-electron chi connectivity index (χ3n) is 3.41. The maximum absolute atomic E-state index is 12.1. The van der Waals surface area contributed by atoms with Crippen LogP contribution < -0.4 is 10.1 Å². The summed E-state index contributed by atoms with van der Waals surface area (Å²) in [5.41, 5.74) is 0.680. The molecule has 1 aliphatic rings. The zero-order valence-corrected chi connectivity index (χ0v) is 11.3. The van der Waals surface area contributed by atoms with Crippen LogP contribution in [0.25, 0.3) is 0 Å². The number of benzene rings is 1. The van der Waals surface area contributed by atoms with E-state index in [4.69, 9.17) is 16.3 Å². The van der Waals surface area contributed by atoms with Crippen LogP contribution in [-0.2, 0) is 0 Å². The van der Waals surface area contributed by atoms with Crippen LogP contribution in [0.4, 0.5) is 0 Å². The fourth-order valence-electron chi connectivity index (χ4n) is 2.31. The van der Waals surface area contributed by atoms with Crippen molar-refractivity contribution < 1.29 is 9.53 Å². The molecule has 0 unspecified atom stereocenters. The van der Waals surface area contributed by atoms with Crippen LogP contribution in [0.2, 0.25) is 5.02 Å². The van der Waals surface area contributed by atoms with Crippen molar-refractivity contribution in [3.63, 3.8) is 0 Å². The molecular weight excluding hydrogens is 250 g/mol. The van der Waals surface area contributed by atoms with Crippen molar-refractivity contribution in [2.24, 2.45) is 5.92 Å². The van der Waals surface area contributed by atoms with Crippen LogP contribution in [-0.4, -0.2) is 26.0 Å². The summed E-state index contributed by atoms with van der Waals surface area (Å²) in [5.74, 6) is 1.28. The Morgan fingerprint density at radius 1 is 1.44 bits per heavy atom. The third kappa shape index (κ3) is 3.24. The van der Waals surface area contributed by atoms with E-state index in [2.05, 4.69) is 5.32 Å². The fourth-order valence-corrected chi connectivity index (χ4v) is 2.56. The molecule has 3 nitrogen and oxygen atoms in total. The van der Waals surface area contributed by atoms with Crippen molar-refractivity contribution in [2.75, 3.05) is 20.2 Å². The number of hydrogen-bond donors (Lipinski definition) is 1. The Hall–Kier alpha value is -1.06. The largest absolute Gasteiger partial charge is 0.495 e. The molecule has 0 saturated carbocycles. The molecule has 1 aliphatic heterocycles. The second-order valence-corrected chi connectivity index (χ2v) is 5.08. The van der Waals surface area contributed by atoms with E-state index in [1.54, 1.807) is 25.3 Å². The molecule has 0 spiro atoms. The van der Waals surface area contributed by atoms with Crippen LogP contribution in [0.15, 0.2) is 18.2 Å². The molecule has 1 fully saturated rings. The molecule has 1 N–H and O–H groups in total. The first-order valence-electron chi connectivity index (χ1n) is 6.28. The fraction of sp³-hybridized carbons (Fsp3) is 0.500. The Bertz CT molecular complexity index is 428. The molecule has 0 radical (unpaired) electrons. The number of piperidine rings is 1. The molecule has 0 bridgehead atoms. The van der Waals surface area contributed by atoms with Gasteiger partial charge in [-0.25, -0.2) is 0 Å². The van der Waals surface area contributed by atoms with Crippen molar-refractivity contribution in [1.29, 1.82) is 0 Å². The van der Waals surface area contributed by atoms with Crippen LogP contribution in [0.1, 0.15) is 29.6 Å². The maximum atomic E-state index is 12.1. The van der Waals surface area contributed by atoms with Crippen molar-refractivity contribution in [1.82, 2.24) is 5.32 Å². The minimum Gasteiger partial charge on any atom is -0.495 e. The normalized spacial score (nSPS) is 16.6. The number of ketones is 1. The molecule has 0 amide bonds. The number of carbonyl (C=O) groups is 1. The molecule has 1 heterocycles. The van der Waals surface area contributed by atoms with E-state index >= 15 is 0 Å². The number of methoxy groups -OCH3 is 1. The van der Waals surface area contributed by atoms with Gasteiger partial charge in [-0.15, -0.1) is 0 Å². The maximum Gasteiger partial charge on any atom is 0.163 e. The van der Waals surface area contributed by atoms with Gasteiger partial charge in [-0.3, -0.25) is 4.79 Å². The summed E-state index contributed by atoms with van der Waals surface area (Å²) in [6.07, 6.45) is 2.77. The smallest absolute Gasteiger partial charge is 0.163 e. The molecule has 1 saturated heterocycles. The quantitative estimate of drug-likeness (QED) is 0.853. The van der Waals surface area contributed by atoms with E-state index in [1.165, 1.54) is 0 Å². The van der Waals surface area contributed by atoms with Crippen molar-refractivity contribution in [2.45, 2.75) is 19.3 Å². The van der Waals surface area contributed by atoms with Gasteiger partial charge in [0, 0.05) is 12.0 Å². The molecule has 0 atom stereocenters. The first-order valence-corrected chi connectivity index (χ1v) is 6.66. The van der Waals surface area contributed by atoms with E-state index in [0.29, 0.717) is 28.7 Å². The molecule has 98 valence electrons. The molecule has 0 aliphatic carbocycles. The van der Waals surface area contributed by atoms with Crippen LogP contribution in [0, 0.1) is 5.92 Å². The van der Waals surface area contributed by atoms with Gasteiger partial charge in [0.15, 0.2) is 5.78 Å². The van der Waals surface area contributed by atoms with E-state index in [9.17, 15) is 4.79 Å². The summed E-state index contributed by atoms with van der Waals surface area (Å²) >= 11 is 6.03. The summed E-state index contributed by atoms with van der Waals surface area (Å²) in [6, 6.07) is 5.23. The number of Topliss-reactive ketones (excluding diaryl/α,β-unsaturated/α-hetero) is 1. The predicted molar refractivity (Wildman–Crippen MR) is 72.5 cm³/mol. The molecule has 1 aromatic carbocycles. The van der Waals surface area contributed by atoms with Gasteiger partial charge in [-0.05, 0) is 50.0 Å². The van der Waals surface area contributed by atoms with Gasteiger partial charge in [0.25, 0.3) is 0 Å². The second-order valence-electron chi connectivity index (χ2n) is 4.67. The van der Waals surface area contributed by atoms with Crippen LogP contribution in [0.3, 0.4) is 0 Å². The molecule has 2 rings (SSSR count). The number of halogens is 1. The first-order chi connectivity index (χ1) is 8.70. The van der Waals surface area contributed by atoms with E-state index < -0.39 is 0 Å². The minimum atomic E-state index is 0.173. The summed E-state index contributed by atoms with van der Waals surface area (Å²) in [4.78, 5) is 12.1. The second kappa shape index (κ2) is 6.21. The summed E-state index contributed by atoms with van der Waals surface area (Å²) in [5, 5.41) is 3.80. The van der Waals surface area contributed by atoms with Crippen molar-refractivity contribution >= 4 is 17.4 Å². The van der Waals surface area contributed by atoms with E-state index in [-0.39, 0.29) is 5.78 Å². The summed E-state index contributed by atoms with van der Waals surface area (Å²) in [6.45, 7) is 2.03. The topological polar surface area (TPSA) is 38.3 Å². The number of hydrogen-bond acceptors (Lipinski definition) is 3. The SMILES string of the molecule is COc1ccc(C(=O)CC2CCNCC2)cc1Cl. The Morgan fingerprint density at radius 3 is 2.78 bits per heavy atom. The molecule has 18 heavy (non-hydrogen) atoms. The Labute approximate surface area is 112 Å². The zero-order chi connectivity index (χ0) is 13.0. The van der Waals surface area contributed by atoms with Gasteiger partial charge in [-0.2, -0.15) is 0 Å². The predicted octanol–water partition coefficient (Wildman–Crippen LogP) is 2.92. The highest BCUT2D eigenvalue weighted by atomic mass is 35.5. The standard InChI is InChI=1S/C14H18ClNO2/c1-18-14-3-2-11(9-12(14)15)13(17)8-10-4-6-16-7-5-10/h2-3,9-10,16H,4-8H2,1H3. The summed E-state index contributed by atoms with van der Waals surface area (Å²) in [7, 11) is 1.57. The Morgan fingerprint density at radius 2 is 2.17 bits per heavy atom. The van der Waals surface area contributed by atoms with Gasteiger partial charge in [0.2, 0.25) is 0 Å². The van der Waals surface area contributed by atoms with Gasteiger partial charge in [0.1, 0.15) is 5.75 Å². The van der Waals surface area contributed by atoms with Gasteiger partial charge in [0.05, 0.1) is 12.1 Å². The highest BCUT2D eigenvalue weighted by molar-refractivity contribution is 6.32. The monoisotopic (exact) mass is 267 g/mol. The average molecular weight is 268 g/mol. The van der Waals surface area contributed by atoms with Crippen molar-refractivity contribution in [3.8, 4) is 5.75 Å². The highest BCUT2D eigenvalue weighted by Crippen LogP contribution is 2.26. The number of ether oxygens (including phenoxy) is 1. The Balaban J connectivity index is 2.01. The molecule has 4 heteroatoms. The summed E-state index contributed by atoms with van der Waals surface area (Å²) < 4.78 is 5.08. The Kier molecular flexibility index (Phi) is 4.61. The van der Waals surface area contributed by atoms with Gasteiger partial charge < -0.3 is 10.1 Å². The number of carbonyl (C=O) groups excluding carboxylic acids is 1. The number of nitrogens with one attached hydrogen (secondary N) is 1.